The molecule has 0 N–H and O–H groups in total. The minimum atomic E-state index is -0.842. The van der Waals surface area contributed by atoms with Gasteiger partial charge in [-0.15, -0.1) is 0 Å². The Labute approximate surface area is 161 Å². The standard InChI is InChI=1S/C22H19NO5/c1-3-15-6-9-19-17(11-21(24)28-20(19)10-15)13-26-22(25)14(2)27-18-7-4-16(12-23)5-8-18/h4-11,14H,3,13H2,1-2H3/t14-/m1/s1. The molecule has 3 rings (SSSR count). The topological polar surface area (TPSA) is 89.5 Å². The van der Waals surface area contributed by atoms with E-state index in [0.29, 0.717) is 22.5 Å². The zero-order chi connectivity index (χ0) is 20.1. The molecular formula is C22H19NO5. The zero-order valence-electron chi connectivity index (χ0n) is 15.6. The molecule has 1 atom stereocenters. The maximum Gasteiger partial charge on any atom is 0.347 e. The first kappa shape index (κ1) is 19.2. The van der Waals surface area contributed by atoms with Crippen LogP contribution in [-0.4, -0.2) is 12.1 Å². The Hall–Kier alpha value is -3.59. The number of fused-ring (bicyclic) bond motifs is 1. The normalized spacial score (nSPS) is 11.6. The number of ether oxygens (including phenoxy) is 2. The molecule has 1 aromatic heterocycles. The van der Waals surface area contributed by atoms with E-state index in [0.717, 1.165) is 17.4 Å². The Morgan fingerprint density at radius 2 is 1.93 bits per heavy atom. The van der Waals surface area contributed by atoms with Gasteiger partial charge in [-0.05, 0) is 49.2 Å². The van der Waals surface area contributed by atoms with Crippen molar-refractivity contribution in [2.45, 2.75) is 33.0 Å². The summed E-state index contributed by atoms with van der Waals surface area (Å²) in [5, 5.41) is 9.53. The number of nitrogens with zero attached hydrogens (tertiary/aromatic N) is 1. The highest BCUT2D eigenvalue weighted by Gasteiger charge is 2.17. The molecule has 28 heavy (non-hydrogen) atoms. The highest BCUT2D eigenvalue weighted by molar-refractivity contribution is 5.81. The smallest absolute Gasteiger partial charge is 0.347 e. The van der Waals surface area contributed by atoms with Gasteiger partial charge < -0.3 is 13.9 Å². The number of carbonyl (C=O) groups excluding carboxylic acids is 1. The molecule has 1 heterocycles. The van der Waals surface area contributed by atoms with Crippen LogP contribution in [-0.2, 0) is 22.6 Å². The van der Waals surface area contributed by atoms with Crippen molar-refractivity contribution >= 4 is 16.9 Å². The predicted molar refractivity (Wildman–Crippen MR) is 103 cm³/mol. The van der Waals surface area contributed by atoms with E-state index in [2.05, 4.69) is 0 Å². The van der Waals surface area contributed by atoms with Crippen molar-refractivity contribution in [3.63, 3.8) is 0 Å². The van der Waals surface area contributed by atoms with E-state index in [1.165, 1.54) is 6.07 Å². The van der Waals surface area contributed by atoms with Gasteiger partial charge in [0.05, 0.1) is 11.6 Å². The van der Waals surface area contributed by atoms with E-state index >= 15 is 0 Å². The molecule has 0 bridgehead atoms. The minimum absolute atomic E-state index is 0.0620. The number of rotatable bonds is 6. The lowest BCUT2D eigenvalue weighted by atomic mass is 10.1. The zero-order valence-corrected chi connectivity index (χ0v) is 15.6. The maximum absolute atomic E-state index is 12.3. The molecule has 0 aliphatic carbocycles. The fraction of sp³-hybridized carbons (Fsp3) is 0.227. The third-order valence-electron chi connectivity index (χ3n) is 4.30. The lowest BCUT2D eigenvalue weighted by Crippen LogP contribution is -2.26. The van der Waals surface area contributed by atoms with Crippen LogP contribution in [0.1, 0.15) is 30.5 Å². The summed E-state index contributed by atoms with van der Waals surface area (Å²) in [4.78, 5) is 24.1. The van der Waals surface area contributed by atoms with Crippen molar-refractivity contribution in [2.24, 2.45) is 0 Å². The Balaban J connectivity index is 1.69. The molecule has 0 saturated carbocycles. The first-order valence-electron chi connectivity index (χ1n) is 8.89. The summed E-state index contributed by atoms with van der Waals surface area (Å²) in [6.07, 6.45) is -0.0192. The summed E-state index contributed by atoms with van der Waals surface area (Å²) < 4.78 is 16.1. The van der Waals surface area contributed by atoms with Gasteiger partial charge >= 0.3 is 11.6 Å². The van der Waals surface area contributed by atoms with Gasteiger partial charge in [0.1, 0.15) is 17.9 Å². The number of carbonyl (C=O) groups is 1. The highest BCUT2D eigenvalue weighted by Crippen LogP contribution is 2.20. The molecule has 2 aromatic carbocycles. The summed E-state index contributed by atoms with van der Waals surface area (Å²) in [6.45, 7) is 3.53. The van der Waals surface area contributed by atoms with Crippen LogP contribution >= 0.6 is 0 Å². The summed E-state index contributed by atoms with van der Waals surface area (Å²) in [5.74, 6) is -0.0997. The summed E-state index contributed by atoms with van der Waals surface area (Å²) >= 11 is 0. The fourth-order valence-electron chi connectivity index (χ4n) is 2.74. The van der Waals surface area contributed by atoms with Crippen LogP contribution in [0.25, 0.3) is 11.0 Å². The van der Waals surface area contributed by atoms with E-state index in [-0.39, 0.29) is 6.61 Å². The van der Waals surface area contributed by atoms with E-state index in [9.17, 15) is 9.59 Å². The Bertz CT molecular complexity index is 1090. The van der Waals surface area contributed by atoms with Crippen molar-refractivity contribution in [1.29, 1.82) is 5.26 Å². The Morgan fingerprint density at radius 1 is 1.18 bits per heavy atom. The van der Waals surface area contributed by atoms with Gasteiger partial charge in [-0.3, -0.25) is 0 Å². The lowest BCUT2D eigenvalue weighted by molar-refractivity contribution is -0.152. The highest BCUT2D eigenvalue weighted by atomic mass is 16.6. The van der Waals surface area contributed by atoms with E-state index in [1.54, 1.807) is 31.2 Å². The molecule has 6 nitrogen and oxygen atoms in total. The van der Waals surface area contributed by atoms with Crippen LogP contribution in [0, 0.1) is 11.3 Å². The molecule has 0 spiro atoms. The molecule has 0 radical (unpaired) electrons. The van der Waals surface area contributed by atoms with Gasteiger partial charge in [-0.25, -0.2) is 9.59 Å². The molecule has 3 aromatic rings. The quantitative estimate of drug-likeness (QED) is 0.480. The maximum atomic E-state index is 12.3. The Morgan fingerprint density at radius 3 is 2.61 bits per heavy atom. The van der Waals surface area contributed by atoms with Crippen LogP contribution in [0.15, 0.2) is 57.7 Å². The van der Waals surface area contributed by atoms with Crippen LogP contribution in [0.4, 0.5) is 0 Å². The molecule has 6 heteroatoms. The molecule has 142 valence electrons. The second-order valence-corrected chi connectivity index (χ2v) is 6.28. The fourth-order valence-corrected chi connectivity index (χ4v) is 2.74. The van der Waals surface area contributed by atoms with E-state index in [4.69, 9.17) is 19.2 Å². The van der Waals surface area contributed by atoms with Gasteiger partial charge in [0.25, 0.3) is 0 Å². The van der Waals surface area contributed by atoms with E-state index in [1.807, 2.05) is 31.2 Å². The van der Waals surface area contributed by atoms with Crippen LogP contribution < -0.4 is 10.4 Å². The van der Waals surface area contributed by atoms with Crippen LogP contribution in [0.3, 0.4) is 0 Å². The summed E-state index contributed by atoms with van der Waals surface area (Å²) in [7, 11) is 0. The first-order valence-corrected chi connectivity index (χ1v) is 8.89. The molecule has 0 amide bonds. The second kappa shape index (κ2) is 8.40. The van der Waals surface area contributed by atoms with Gasteiger partial charge in [-0.1, -0.05) is 19.1 Å². The van der Waals surface area contributed by atoms with E-state index < -0.39 is 17.7 Å². The lowest BCUT2D eigenvalue weighted by Gasteiger charge is -2.14. The predicted octanol–water partition coefficient (Wildman–Crippen LogP) is 3.74. The van der Waals surface area contributed by atoms with Crippen molar-refractivity contribution in [3.8, 4) is 11.8 Å². The average molecular weight is 377 g/mol. The number of hydrogen-bond donors (Lipinski definition) is 0. The van der Waals surface area contributed by atoms with Gasteiger partial charge in [0.2, 0.25) is 0 Å². The number of nitriles is 1. The summed E-state index contributed by atoms with van der Waals surface area (Å²) in [5.41, 5.74) is 2.11. The number of benzene rings is 2. The van der Waals surface area contributed by atoms with Crippen molar-refractivity contribution in [2.75, 3.05) is 0 Å². The summed E-state index contributed by atoms with van der Waals surface area (Å²) in [6, 6.07) is 15.4. The first-order chi connectivity index (χ1) is 13.5. The van der Waals surface area contributed by atoms with Gasteiger partial charge in [0, 0.05) is 17.0 Å². The van der Waals surface area contributed by atoms with Crippen molar-refractivity contribution in [3.05, 3.63) is 75.6 Å². The average Bonchev–Trinajstić information content (AvgIpc) is 2.71. The molecular weight excluding hydrogens is 358 g/mol. The monoisotopic (exact) mass is 377 g/mol. The molecule has 0 aliphatic heterocycles. The number of aryl methyl sites for hydroxylation is 1. The van der Waals surface area contributed by atoms with Gasteiger partial charge in [-0.2, -0.15) is 5.26 Å². The number of esters is 1. The van der Waals surface area contributed by atoms with Crippen molar-refractivity contribution in [1.82, 2.24) is 0 Å². The minimum Gasteiger partial charge on any atom is -0.479 e. The van der Waals surface area contributed by atoms with Crippen LogP contribution in [0.5, 0.6) is 5.75 Å². The largest absolute Gasteiger partial charge is 0.479 e. The van der Waals surface area contributed by atoms with Crippen LogP contribution in [0.2, 0.25) is 0 Å². The third-order valence-corrected chi connectivity index (χ3v) is 4.30. The molecule has 0 fully saturated rings. The Kier molecular flexibility index (Phi) is 5.75. The molecule has 0 saturated heterocycles. The number of hydrogen-bond acceptors (Lipinski definition) is 6. The molecule has 0 aliphatic rings. The molecule has 0 unspecified atom stereocenters. The van der Waals surface area contributed by atoms with Gasteiger partial charge in [0.15, 0.2) is 6.10 Å². The van der Waals surface area contributed by atoms with Crippen molar-refractivity contribution < 1.29 is 18.7 Å². The third kappa shape index (κ3) is 4.38. The SMILES string of the molecule is CCc1ccc2c(COC(=O)[C@@H](C)Oc3ccc(C#N)cc3)cc(=O)oc2c1. The second-order valence-electron chi connectivity index (χ2n) is 6.28.